The molecule has 1 heterocycles. The number of carbonyl (C=O) groups is 1. The van der Waals surface area contributed by atoms with E-state index in [9.17, 15) is 17.8 Å². The van der Waals surface area contributed by atoms with Crippen molar-refractivity contribution < 1.29 is 22.3 Å². The van der Waals surface area contributed by atoms with Crippen LogP contribution in [0.4, 0.5) is 0 Å². The summed E-state index contributed by atoms with van der Waals surface area (Å²) in [6.45, 7) is -0.0327. The van der Waals surface area contributed by atoms with Crippen LogP contribution >= 0.6 is 0 Å². The van der Waals surface area contributed by atoms with Crippen molar-refractivity contribution in [3.8, 4) is 0 Å². The van der Waals surface area contributed by atoms with Crippen molar-refractivity contribution in [2.75, 3.05) is 5.75 Å². The van der Waals surface area contributed by atoms with Crippen molar-refractivity contribution in [2.45, 2.75) is 13.0 Å². The minimum Gasteiger partial charge on any atom is -0.748 e. The minimum atomic E-state index is -4.25. The molecule has 16 heavy (non-hydrogen) atoms. The molecule has 0 saturated heterocycles. The zero-order chi connectivity index (χ0) is 12.2. The number of aryl methyl sites for hydroxylation is 1. The van der Waals surface area contributed by atoms with E-state index in [1.54, 1.807) is 24.4 Å². The first kappa shape index (κ1) is 12.6. The lowest BCUT2D eigenvalue weighted by Gasteiger charge is -2.05. The highest BCUT2D eigenvalue weighted by molar-refractivity contribution is 7.85. The zero-order valence-electron chi connectivity index (χ0n) is 8.50. The molecule has 0 fully saturated rings. The smallest absolute Gasteiger partial charge is 0.283 e. The van der Waals surface area contributed by atoms with Gasteiger partial charge in [-0.2, -0.15) is 4.57 Å². The molecule has 0 aliphatic rings. The lowest BCUT2D eigenvalue weighted by atomic mass is 10.3. The van der Waals surface area contributed by atoms with Crippen molar-refractivity contribution in [3.05, 3.63) is 30.1 Å². The summed E-state index contributed by atoms with van der Waals surface area (Å²) in [7, 11) is -4.25. The number of nitrogens with two attached hydrogens (primary N) is 1. The number of aromatic nitrogens is 1. The number of amides is 1. The molecule has 0 bridgehead atoms. The Hall–Kier alpha value is -1.47. The Balaban J connectivity index is 2.83. The number of hydrogen-bond acceptors (Lipinski definition) is 4. The zero-order valence-corrected chi connectivity index (χ0v) is 9.31. The highest BCUT2D eigenvalue weighted by atomic mass is 32.2. The third-order valence-corrected chi connectivity index (χ3v) is 2.67. The summed E-state index contributed by atoms with van der Waals surface area (Å²) in [5, 5.41) is 0. The second-order valence-corrected chi connectivity index (χ2v) is 4.82. The molecular weight excluding hydrogens is 232 g/mol. The predicted octanol–water partition coefficient (Wildman–Crippen LogP) is -1.45. The molecule has 1 rings (SSSR count). The fourth-order valence-electron chi connectivity index (χ4n) is 1.29. The van der Waals surface area contributed by atoms with Gasteiger partial charge in [-0.3, -0.25) is 4.79 Å². The van der Waals surface area contributed by atoms with Gasteiger partial charge in [0.1, 0.15) is 0 Å². The van der Waals surface area contributed by atoms with Gasteiger partial charge in [0.15, 0.2) is 11.9 Å². The molecule has 0 unspecified atom stereocenters. The lowest BCUT2D eigenvalue weighted by molar-refractivity contribution is -0.691. The van der Waals surface area contributed by atoms with Crippen molar-refractivity contribution in [1.29, 1.82) is 0 Å². The Kier molecular flexibility index (Phi) is 3.97. The summed E-state index contributed by atoms with van der Waals surface area (Å²) >= 11 is 0. The Morgan fingerprint density at radius 2 is 2.12 bits per heavy atom. The maximum atomic E-state index is 10.7. The van der Waals surface area contributed by atoms with Gasteiger partial charge >= 0.3 is 0 Å². The standard InChI is InChI=1S/C9H12N2O4S/c10-9(12)7-11-5-2-1-3-8(11)4-6-16(13,14)15/h1-3,5H,4,6-7H2,(H2-,10,12,13,14,15). The molecule has 0 spiro atoms. The molecule has 1 aromatic heterocycles. The van der Waals surface area contributed by atoms with Gasteiger partial charge < -0.3 is 10.3 Å². The average Bonchev–Trinajstić information content (AvgIpc) is 2.14. The molecule has 0 aromatic carbocycles. The highest BCUT2D eigenvalue weighted by Crippen LogP contribution is 1.96. The van der Waals surface area contributed by atoms with Crippen LogP contribution in [0.1, 0.15) is 5.69 Å². The largest absolute Gasteiger partial charge is 0.748 e. The Morgan fingerprint density at radius 3 is 2.69 bits per heavy atom. The fraction of sp³-hybridized carbons (Fsp3) is 0.333. The maximum Gasteiger partial charge on any atom is 0.283 e. The molecular formula is C9H12N2O4S. The van der Waals surface area contributed by atoms with E-state index in [0.29, 0.717) is 5.69 Å². The van der Waals surface area contributed by atoms with Crippen molar-refractivity contribution in [3.63, 3.8) is 0 Å². The molecule has 0 atom stereocenters. The van der Waals surface area contributed by atoms with E-state index in [1.807, 2.05) is 0 Å². The second-order valence-electron chi connectivity index (χ2n) is 3.30. The molecule has 6 nitrogen and oxygen atoms in total. The van der Waals surface area contributed by atoms with E-state index in [0.717, 1.165) is 0 Å². The van der Waals surface area contributed by atoms with E-state index >= 15 is 0 Å². The molecule has 7 heteroatoms. The van der Waals surface area contributed by atoms with Crippen LogP contribution in [0.15, 0.2) is 24.4 Å². The number of rotatable bonds is 5. The highest BCUT2D eigenvalue weighted by Gasteiger charge is 2.12. The predicted molar refractivity (Wildman–Crippen MR) is 54.1 cm³/mol. The summed E-state index contributed by atoms with van der Waals surface area (Å²) in [6, 6.07) is 5.04. The molecule has 0 saturated carbocycles. The van der Waals surface area contributed by atoms with Gasteiger partial charge in [-0.05, 0) is 0 Å². The number of nitrogens with zero attached hydrogens (tertiary/aromatic N) is 1. The number of primary amides is 1. The molecule has 88 valence electrons. The van der Waals surface area contributed by atoms with E-state index in [4.69, 9.17) is 5.73 Å². The average molecular weight is 244 g/mol. The van der Waals surface area contributed by atoms with Crippen LogP contribution in [0.3, 0.4) is 0 Å². The lowest BCUT2D eigenvalue weighted by Crippen LogP contribution is -2.44. The molecule has 1 aromatic rings. The third kappa shape index (κ3) is 4.37. The van der Waals surface area contributed by atoms with Crippen LogP contribution in [0.5, 0.6) is 0 Å². The Morgan fingerprint density at radius 1 is 1.44 bits per heavy atom. The molecule has 0 radical (unpaired) electrons. The van der Waals surface area contributed by atoms with Crippen LogP contribution in [0.25, 0.3) is 0 Å². The first-order valence-corrected chi connectivity index (χ1v) is 6.15. The van der Waals surface area contributed by atoms with Crippen LogP contribution < -0.4 is 10.3 Å². The second kappa shape index (κ2) is 5.04. The van der Waals surface area contributed by atoms with E-state index in [-0.39, 0.29) is 13.0 Å². The Bertz CT molecular complexity index is 484. The molecule has 1 amide bonds. The topological polar surface area (TPSA) is 104 Å². The SMILES string of the molecule is NC(=O)C[n+]1ccccc1CCS(=O)(=O)[O-]. The van der Waals surface area contributed by atoms with Crippen LogP contribution in [-0.4, -0.2) is 24.6 Å². The fourth-order valence-corrected chi connectivity index (χ4v) is 1.75. The monoisotopic (exact) mass is 244 g/mol. The summed E-state index contributed by atoms with van der Waals surface area (Å²) in [5.41, 5.74) is 5.62. The third-order valence-electron chi connectivity index (χ3n) is 1.97. The van der Waals surface area contributed by atoms with Crippen LogP contribution in [-0.2, 0) is 27.9 Å². The van der Waals surface area contributed by atoms with Crippen LogP contribution in [0.2, 0.25) is 0 Å². The first-order chi connectivity index (χ1) is 7.38. The van der Waals surface area contributed by atoms with E-state index < -0.39 is 21.8 Å². The van der Waals surface area contributed by atoms with Crippen molar-refractivity contribution in [2.24, 2.45) is 5.73 Å². The van der Waals surface area contributed by atoms with Crippen LogP contribution in [0, 0.1) is 0 Å². The van der Waals surface area contributed by atoms with Crippen molar-refractivity contribution in [1.82, 2.24) is 0 Å². The number of pyridine rings is 1. The quantitative estimate of drug-likeness (QED) is 0.505. The summed E-state index contributed by atoms with van der Waals surface area (Å²) < 4.78 is 33.0. The maximum absolute atomic E-state index is 10.7. The first-order valence-electron chi connectivity index (χ1n) is 4.58. The summed E-state index contributed by atoms with van der Waals surface area (Å²) in [6.07, 6.45) is 1.68. The van der Waals surface area contributed by atoms with Gasteiger partial charge in [-0.15, -0.1) is 0 Å². The van der Waals surface area contributed by atoms with Crippen molar-refractivity contribution >= 4 is 16.0 Å². The normalized spacial score (nSPS) is 11.3. The van der Waals surface area contributed by atoms with E-state index in [2.05, 4.69) is 0 Å². The summed E-state index contributed by atoms with van der Waals surface area (Å²) in [5.74, 6) is -1.02. The van der Waals surface area contributed by atoms with Gasteiger partial charge in [-0.25, -0.2) is 8.42 Å². The van der Waals surface area contributed by atoms with Gasteiger partial charge in [0, 0.05) is 24.3 Å². The molecule has 2 N–H and O–H groups in total. The van der Waals surface area contributed by atoms with Gasteiger partial charge in [-0.1, -0.05) is 6.07 Å². The van der Waals surface area contributed by atoms with Gasteiger partial charge in [0.05, 0.1) is 10.1 Å². The Labute approximate surface area is 93.5 Å². The number of carbonyl (C=O) groups excluding carboxylic acids is 1. The molecule has 0 aliphatic carbocycles. The van der Waals surface area contributed by atoms with E-state index in [1.165, 1.54) is 4.57 Å². The van der Waals surface area contributed by atoms with Gasteiger partial charge in [0.25, 0.3) is 5.91 Å². The number of hydrogen-bond donors (Lipinski definition) is 1. The molecule has 0 aliphatic heterocycles. The van der Waals surface area contributed by atoms with Gasteiger partial charge in [0.2, 0.25) is 6.54 Å². The minimum absolute atomic E-state index is 0.0327. The summed E-state index contributed by atoms with van der Waals surface area (Å²) in [4.78, 5) is 10.7.